The number of carbonyl (C=O) groups is 1. The highest BCUT2D eigenvalue weighted by atomic mass is 32.2. The predicted octanol–water partition coefficient (Wildman–Crippen LogP) is 4.33. The van der Waals surface area contributed by atoms with Crippen molar-refractivity contribution in [2.45, 2.75) is 25.2 Å². The van der Waals surface area contributed by atoms with E-state index in [4.69, 9.17) is 4.98 Å². The first kappa shape index (κ1) is 22.1. The molecule has 0 atom stereocenters. The van der Waals surface area contributed by atoms with Gasteiger partial charge in [-0.2, -0.15) is 0 Å². The molecule has 1 aliphatic heterocycles. The molecule has 0 unspecified atom stereocenters. The second kappa shape index (κ2) is 10.5. The van der Waals surface area contributed by atoms with Crippen LogP contribution in [-0.2, 0) is 4.79 Å². The van der Waals surface area contributed by atoms with Crippen molar-refractivity contribution in [2.24, 2.45) is 0 Å². The Morgan fingerprint density at radius 2 is 1.90 bits per heavy atom. The minimum absolute atomic E-state index is 0.141. The number of anilines is 1. The number of carbonyl (C=O) groups excluding carboxylic acids is 1. The van der Waals surface area contributed by atoms with E-state index in [1.165, 1.54) is 20.7 Å². The van der Waals surface area contributed by atoms with Crippen LogP contribution in [-0.4, -0.2) is 60.8 Å². The van der Waals surface area contributed by atoms with Crippen LogP contribution in [0, 0.1) is 13.8 Å². The zero-order valence-electron chi connectivity index (χ0n) is 18.3. The fourth-order valence-electron chi connectivity index (χ4n) is 3.88. The van der Waals surface area contributed by atoms with Crippen molar-refractivity contribution in [3.63, 3.8) is 0 Å². The lowest BCUT2D eigenvalue weighted by Gasteiger charge is -2.34. The third-order valence-electron chi connectivity index (χ3n) is 5.54. The highest BCUT2D eigenvalue weighted by Gasteiger charge is 2.20. The average Bonchev–Trinajstić information content (AvgIpc) is 3.19. The Kier molecular flexibility index (Phi) is 7.48. The summed E-state index contributed by atoms with van der Waals surface area (Å²) < 4.78 is 1.30. The van der Waals surface area contributed by atoms with Crippen molar-refractivity contribution in [1.29, 1.82) is 0 Å². The molecule has 1 aliphatic rings. The molecule has 3 aromatic rings. The predicted molar refractivity (Wildman–Crippen MR) is 133 cm³/mol. The Labute approximate surface area is 192 Å². The van der Waals surface area contributed by atoms with E-state index in [1.54, 1.807) is 23.1 Å². The quantitative estimate of drug-likeness (QED) is 0.513. The summed E-state index contributed by atoms with van der Waals surface area (Å²) in [4.78, 5) is 23.0. The number of nitrogens with one attached hydrogen (secondary N) is 1. The molecule has 0 radical (unpaired) electrons. The molecule has 2 aromatic carbocycles. The molecule has 0 bridgehead atoms. The van der Waals surface area contributed by atoms with E-state index in [-0.39, 0.29) is 5.91 Å². The molecule has 1 saturated heterocycles. The zero-order chi connectivity index (χ0) is 21.6. The van der Waals surface area contributed by atoms with E-state index in [9.17, 15) is 4.79 Å². The number of fused-ring (bicyclic) bond motifs is 1. The van der Waals surface area contributed by atoms with Gasteiger partial charge in [0, 0.05) is 56.3 Å². The minimum Gasteiger partial charge on any atom is -0.355 e. The highest BCUT2D eigenvalue weighted by Crippen LogP contribution is 2.32. The van der Waals surface area contributed by atoms with Gasteiger partial charge in [0.15, 0.2) is 5.13 Å². The summed E-state index contributed by atoms with van der Waals surface area (Å²) >= 11 is 3.53. The van der Waals surface area contributed by atoms with Gasteiger partial charge < -0.3 is 10.2 Å². The monoisotopic (exact) mass is 454 g/mol. The number of hydrogen-bond donors (Lipinski definition) is 1. The number of piperazine rings is 1. The Balaban J connectivity index is 1.16. The van der Waals surface area contributed by atoms with E-state index in [1.807, 2.05) is 18.2 Å². The Morgan fingerprint density at radius 3 is 2.68 bits per heavy atom. The van der Waals surface area contributed by atoms with Gasteiger partial charge in [0.05, 0.1) is 10.2 Å². The van der Waals surface area contributed by atoms with Gasteiger partial charge in [-0.3, -0.25) is 9.69 Å². The Hall–Kier alpha value is -2.09. The summed E-state index contributed by atoms with van der Waals surface area (Å²) in [6, 6.07) is 14.6. The van der Waals surface area contributed by atoms with Gasteiger partial charge in [-0.25, -0.2) is 4.98 Å². The van der Waals surface area contributed by atoms with Crippen LogP contribution >= 0.6 is 23.1 Å². The fraction of sp³-hybridized carbons (Fsp3) is 0.417. The van der Waals surface area contributed by atoms with Crippen LogP contribution in [0.1, 0.15) is 17.5 Å². The highest BCUT2D eigenvalue weighted by molar-refractivity contribution is 7.99. The van der Waals surface area contributed by atoms with Crippen molar-refractivity contribution in [2.75, 3.05) is 49.9 Å². The van der Waals surface area contributed by atoms with E-state index in [0.29, 0.717) is 13.0 Å². The molecule has 31 heavy (non-hydrogen) atoms. The maximum Gasteiger partial charge on any atom is 0.220 e. The summed E-state index contributed by atoms with van der Waals surface area (Å²) in [5.74, 6) is 0.956. The molecular formula is C24H30N4OS2. The molecule has 164 valence electrons. The number of hydrogen-bond acceptors (Lipinski definition) is 6. The van der Waals surface area contributed by atoms with Crippen LogP contribution in [0.25, 0.3) is 10.2 Å². The lowest BCUT2D eigenvalue weighted by atomic mass is 10.1. The topological polar surface area (TPSA) is 48.5 Å². The first-order valence-corrected chi connectivity index (χ1v) is 12.7. The van der Waals surface area contributed by atoms with Crippen LogP contribution < -0.4 is 10.2 Å². The van der Waals surface area contributed by atoms with Crippen molar-refractivity contribution in [1.82, 2.24) is 15.2 Å². The van der Waals surface area contributed by atoms with Crippen molar-refractivity contribution >= 4 is 44.4 Å². The fourth-order valence-corrected chi connectivity index (χ4v) is 5.82. The van der Waals surface area contributed by atoms with Gasteiger partial charge in [-0.15, -0.1) is 11.8 Å². The molecule has 1 aromatic heterocycles. The van der Waals surface area contributed by atoms with Gasteiger partial charge in [0.25, 0.3) is 0 Å². The summed E-state index contributed by atoms with van der Waals surface area (Å²) in [6.07, 6.45) is 0.559. The van der Waals surface area contributed by atoms with Gasteiger partial charge in [-0.05, 0) is 43.2 Å². The van der Waals surface area contributed by atoms with Crippen LogP contribution in [0.4, 0.5) is 5.13 Å². The van der Waals surface area contributed by atoms with Crippen molar-refractivity contribution in [3.8, 4) is 0 Å². The van der Waals surface area contributed by atoms with E-state index in [2.05, 4.69) is 53.2 Å². The molecule has 2 heterocycles. The summed E-state index contributed by atoms with van der Waals surface area (Å²) in [7, 11) is 0. The second-order valence-corrected chi connectivity index (χ2v) is 10.2. The van der Waals surface area contributed by atoms with Crippen LogP contribution in [0.5, 0.6) is 0 Å². The lowest BCUT2D eigenvalue weighted by molar-refractivity contribution is -0.120. The van der Waals surface area contributed by atoms with Gasteiger partial charge in [0.1, 0.15) is 0 Å². The smallest absolute Gasteiger partial charge is 0.220 e. The maximum atomic E-state index is 12.1. The molecule has 1 amide bonds. The number of thiazole rings is 1. The molecular weight excluding hydrogens is 424 g/mol. The summed E-state index contributed by atoms with van der Waals surface area (Å²) in [5.41, 5.74) is 3.70. The van der Waals surface area contributed by atoms with E-state index >= 15 is 0 Å². The molecule has 1 fully saturated rings. The third-order valence-corrected chi connectivity index (χ3v) is 7.82. The molecule has 4 rings (SSSR count). The van der Waals surface area contributed by atoms with Crippen LogP contribution in [0.2, 0.25) is 0 Å². The third kappa shape index (κ3) is 5.99. The number of aromatic nitrogens is 1. The number of benzene rings is 2. The largest absolute Gasteiger partial charge is 0.355 e. The normalized spacial score (nSPS) is 14.8. The Bertz CT molecular complexity index is 1010. The number of amides is 1. The lowest BCUT2D eigenvalue weighted by Crippen LogP contribution is -2.48. The van der Waals surface area contributed by atoms with E-state index in [0.717, 1.165) is 49.1 Å². The molecule has 1 N–H and O–H groups in total. The van der Waals surface area contributed by atoms with Crippen molar-refractivity contribution < 1.29 is 4.79 Å². The van der Waals surface area contributed by atoms with Crippen LogP contribution in [0.15, 0.2) is 47.4 Å². The van der Waals surface area contributed by atoms with Crippen molar-refractivity contribution in [3.05, 3.63) is 53.6 Å². The van der Waals surface area contributed by atoms with Gasteiger partial charge in [0.2, 0.25) is 5.91 Å². The van der Waals surface area contributed by atoms with Crippen LogP contribution in [0.3, 0.4) is 0 Å². The number of nitrogens with zero attached hydrogens (tertiary/aromatic N) is 3. The SMILES string of the molecule is Cc1cc(C)c2sc(N3CCN(CCNC(=O)CCSc4ccccc4)CC3)nc2c1. The van der Waals surface area contributed by atoms with Gasteiger partial charge >= 0.3 is 0 Å². The maximum absolute atomic E-state index is 12.1. The standard InChI is InChI=1S/C24H30N4OS2/c1-18-16-19(2)23-21(17-18)26-24(31-23)28-13-11-27(12-14-28)10-9-25-22(29)8-15-30-20-6-4-3-5-7-20/h3-7,16-17H,8-15H2,1-2H3,(H,25,29). The summed E-state index contributed by atoms with van der Waals surface area (Å²) in [5, 5.41) is 4.20. The van der Waals surface area contributed by atoms with E-state index < -0.39 is 0 Å². The molecule has 5 nitrogen and oxygen atoms in total. The first-order chi connectivity index (χ1) is 15.1. The molecule has 7 heteroatoms. The zero-order valence-corrected chi connectivity index (χ0v) is 19.9. The van der Waals surface area contributed by atoms with Gasteiger partial charge in [-0.1, -0.05) is 35.6 Å². The number of rotatable bonds is 8. The second-order valence-electron chi connectivity index (χ2n) is 8.02. The minimum atomic E-state index is 0.141. The Morgan fingerprint density at radius 1 is 1.13 bits per heavy atom. The average molecular weight is 455 g/mol. The number of thioether (sulfide) groups is 1. The first-order valence-electron chi connectivity index (χ1n) is 10.9. The molecule has 0 aliphatic carbocycles. The number of aryl methyl sites for hydroxylation is 2. The molecule has 0 saturated carbocycles. The molecule has 0 spiro atoms. The summed E-state index contributed by atoms with van der Waals surface area (Å²) in [6.45, 7) is 9.91.